The van der Waals surface area contributed by atoms with Gasteiger partial charge in [0.05, 0.1) is 24.0 Å². The van der Waals surface area contributed by atoms with Crippen LogP contribution in [0.15, 0.2) is 59.8 Å². The first-order valence-electron chi connectivity index (χ1n) is 7.16. The predicted molar refractivity (Wildman–Crippen MR) is 95.6 cm³/mol. The molecular weight excluding hydrogens is 310 g/mol. The molecule has 1 N–H and O–H groups in total. The van der Waals surface area contributed by atoms with Crippen molar-refractivity contribution < 1.29 is 4.74 Å². The first kappa shape index (κ1) is 15.3. The number of pyridine rings is 1. The Kier molecular flexibility index (Phi) is 4.44. The number of halogens is 1. The van der Waals surface area contributed by atoms with Gasteiger partial charge in [0.25, 0.3) is 0 Å². The first-order valence-corrected chi connectivity index (χ1v) is 7.54. The van der Waals surface area contributed by atoms with Crippen LogP contribution in [0.4, 0.5) is 5.69 Å². The van der Waals surface area contributed by atoms with E-state index in [2.05, 4.69) is 15.5 Å². The van der Waals surface area contributed by atoms with Crippen molar-refractivity contribution in [2.45, 2.75) is 6.92 Å². The fraction of sp³-hybridized carbons (Fsp3) is 0.111. The Bertz CT molecular complexity index is 860. The quantitative estimate of drug-likeness (QED) is 0.557. The number of fused-ring (bicyclic) bond motifs is 1. The van der Waals surface area contributed by atoms with Crippen LogP contribution >= 0.6 is 11.6 Å². The molecule has 23 heavy (non-hydrogen) atoms. The van der Waals surface area contributed by atoms with Crippen molar-refractivity contribution in [1.29, 1.82) is 0 Å². The summed E-state index contributed by atoms with van der Waals surface area (Å²) >= 11 is 6.01. The summed E-state index contributed by atoms with van der Waals surface area (Å²) in [4.78, 5) is 4.32. The van der Waals surface area contributed by atoms with Gasteiger partial charge in [-0.05, 0) is 61.0 Å². The number of rotatable bonds is 4. The second-order valence-electron chi connectivity index (χ2n) is 5.06. The normalized spacial score (nSPS) is 11.5. The summed E-state index contributed by atoms with van der Waals surface area (Å²) in [5, 5.41) is 6.10. The molecule has 0 spiro atoms. The van der Waals surface area contributed by atoms with Crippen LogP contribution in [0.1, 0.15) is 12.5 Å². The molecule has 0 unspecified atom stereocenters. The van der Waals surface area contributed by atoms with Crippen molar-refractivity contribution in [3.05, 3.63) is 65.3 Å². The molecule has 0 atom stereocenters. The summed E-state index contributed by atoms with van der Waals surface area (Å²) in [7, 11) is 1.65. The fourth-order valence-electron chi connectivity index (χ4n) is 2.26. The molecular formula is C18H16ClN3O. The van der Waals surface area contributed by atoms with Crippen LogP contribution in [0.5, 0.6) is 5.75 Å². The van der Waals surface area contributed by atoms with Crippen molar-refractivity contribution in [3.63, 3.8) is 0 Å². The number of aromatic nitrogens is 1. The maximum Gasteiger partial charge on any atom is 0.118 e. The molecule has 0 radical (unpaired) electrons. The van der Waals surface area contributed by atoms with E-state index in [1.54, 1.807) is 13.3 Å². The molecule has 1 aromatic heterocycles. The number of nitrogens with one attached hydrogen (secondary N) is 1. The van der Waals surface area contributed by atoms with Crippen LogP contribution in [-0.2, 0) is 0 Å². The van der Waals surface area contributed by atoms with E-state index >= 15 is 0 Å². The summed E-state index contributed by atoms with van der Waals surface area (Å²) in [5.41, 5.74) is 6.74. The predicted octanol–water partition coefficient (Wildman–Crippen LogP) is 4.73. The Morgan fingerprint density at radius 1 is 1.13 bits per heavy atom. The number of anilines is 1. The largest absolute Gasteiger partial charge is 0.497 e. The van der Waals surface area contributed by atoms with Crippen molar-refractivity contribution >= 4 is 33.9 Å². The number of ether oxygens (including phenoxy) is 1. The third-order valence-corrected chi connectivity index (χ3v) is 3.79. The summed E-state index contributed by atoms with van der Waals surface area (Å²) in [6.07, 6.45) is 1.74. The molecule has 4 nitrogen and oxygen atoms in total. The number of hydrazone groups is 1. The number of benzene rings is 2. The smallest absolute Gasteiger partial charge is 0.118 e. The van der Waals surface area contributed by atoms with Gasteiger partial charge in [-0.2, -0.15) is 5.10 Å². The van der Waals surface area contributed by atoms with Gasteiger partial charge >= 0.3 is 0 Å². The van der Waals surface area contributed by atoms with Gasteiger partial charge in [0.15, 0.2) is 0 Å². The van der Waals surface area contributed by atoms with E-state index < -0.39 is 0 Å². The van der Waals surface area contributed by atoms with Crippen LogP contribution < -0.4 is 10.2 Å². The van der Waals surface area contributed by atoms with Gasteiger partial charge < -0.3 is 4.74 Å². The van der Waals surface area contributed by atoms with Crippen molar-refractivity contribution in [2.24, 2.45) is 5.10 Å². The molecule has 0 saturated heterocycles. The minimum absolute atomic E-state index is 0.667. The van der Waals surface area contributed by atoms with Gasteiger partial charge in [0.1, 0.15) is 5.75 Å². The monoisotopic (exact) mass is 325 g/mol. The zero-order valence-corrected chi connectivity index (χ0v) is 13.6. The summed E-state index contributed by atoms with van der Waals surface area (Å²) < 4.78 is 5.16. The molecule has 1 heterocycles. The average molecular weight is 326 g/mol. The molecule has 0 fully saturated rings. The Balaban J connectivity index is 1.86. The molecule has 0 bridgehead atoms. The summed E-state index contributed by atoms with van der Waals surface area (Å²) in [5.74, 6) is 0.825. The zero-order chi connectivity index (χ0) is 16.2. The van der Waals surface area contributed by atoms with Crippen LogP contribution in [0, 0.1) is 0 Å². The van der Waals surface area contributed by atoms with E-state index in [1.807, 2.05) is 55.5 Å². The molecule has 0 aliphatic rings. The second kappa shape index (κ2) is 6.67. The number of nitrogens with zero attached hydrogens (tertiary/aromatic N) is 2. The maximum absolute atomic E-state index is 6.01. The summed E-state index contributed by atoms with van der Waals surface area (Å²) in [6.45, 7) is 1.95. The Morgan fingerprint density at radius 3 is 2.65 bits per heavy atom. The second-order valence-corrected chi connectivity index (χ2v) is 5.49. The van der Waals surface area contributed by atoms with Gasteiger partial charge in [0, 0.05) is 16.6 Å². The van der Waals surface area contributed by atoms with Gasteiger partial charge in [-0.1, -0.05) is 11.6 Å². The number of hydrogen-bond donors (Lipinski definition) is 1. The van der Waals surface area contributed by atoms with Gasteiger partial charge in [0.2, 0.25) is 0 Å². The van der Waals surface area contributed by atoms with Gasteiger partial charge in [-0.25, -0.2) is 0 Å². The third kappa shape index (κ3) is 3.43. The minimum Gasteiger partial charge on any atom is -0.497 e. The molecule has 2 aromatic carbocycles. The maximum atomic E-state index is 6.01. The van der Waals surface area contributed by atoms with Crippen molar-refractivity contribution in [3.8, 4) is 5.75 Å². The zero-order valence-electron chi connectivity index (χ0n) is 12.9. The Hall–Kier alpha value is -2.59. The average Bonchev–Trinajstić information content (AvgIpc) is 2.59. The Labute approximate surface area is 139 Å². The lowest BCUT2D eigenvalue weighted by molar-refractivity contribution is 0.415. The standard InChI is InChI=1S/C18H16ClN3O/c1-12(13-3-6-15(23-2)7-4-13)21-22-17-9-10-20-18-11-14(19)5-8-16(17)18/h3-11H,1-2H3,(H,20,22)/b21-12+. The minimum atomic E-state index is 0.667. The molecule has 116 valence electrons. The lowest BCUT2D eigenvalue weighted by atomic mass is 10.1. The van der Waals surface area contributed by atoms with E-state index in [0.29, 0.717) is 5.02 Å². The molecule has 3 aromatic rings. The molecule has 5 heteroatoms. The molecule has 0 aliphatic carbocycles. The van der Waals surface area contributed by atoms with Crippen LogP contribution in [0.25, 0.3) is 10.9 Å². The van der Waals surface area contributed by atoms with Crippen molar-refractivity contribution in [2.75, 3.05) is 12.5 Å². The van der Waals surface area contributed by atoms with Crippen LogP contribution in [0.3, 0.4) is 0 Å². The highest BCUT2D eigenvalue weighted by atomic mass is 35.5. The lowest BCUT2D eigenvalue weighted by Crippen LogP contribution is -2.00. The van der Waals surface area contributed by atoms with Crippen molar-refractivity contribution in [1.82, 2.24) is 4.98 Å². The van der Waals surface area contributed by atoms with Gasteiger partial charge in [-0.15, -0.1) is 0 Å². The van der Waals surface area contributed by atoms with E-state index in [0.717, 1.165) is 33.6 Å². The van der Waals surface area contributed by atoms with E-state index in [9.17, 15) is 0 Å². The highest BCUT2D eigenvalue weighted by Crippen LogP contribution is 2.24. The molecule has 0 saturated carbocycles. The third-order valence-electron chi connectivity index (χ3n) is 3.56. The van der Waals surface area contributed by atoms with Crippen LogP contribution in [-0.4, -0.2) is 17.8 Å². The topological polar surface area (TPSA) is 46.5 Å². The van der Waals surface area contributed by atoms with E-state index in [4.69, 9.17) is 16.3 Å². The number of methoxy groups -OCH3 is 1. The molecule has 0 aliphatic heterocycles. The Morgan fingerprint density at radius 2 is 1.91 bits per heavy atom. The lowest BCUT2D eigenvalue weighted by Gasteiger charge is -2.07. The first-order chi connectivity index (χ1) is 11.2. The SMILES string of the molecule is COc1ccc(/C(C)=N/Nc2ccnc3cc(Cl)ccc23)cc1. The summed E-state index contributed by atoms with van der Waals surface area (Å²) in [6, 6.07) is 15.3. The van der Waals surface area contributed by atoms with E-state index in [1.165, 1.54) is 0 Å². The van der Waals surface area contributed by atoms with Gasteiger partial charge in [-0.3, -0.25) is 10.4 Å². The van der Waals surface area contributed by atoms with Crippen LogP contribution in [0.2, 0.25) is 5.02 Å². The number of hydrogen-bond acceptors (Lipinski definition) is 4. The molecule has 0 amide bonds. The fourth-order valence-corrected chi connectivity index (χ4v) is 2.43. The highest BCUT2D eigenvalue weighted by molar-refractivity contribution is 6.31. The molecule has 3 rings (SSSR count). The highest BCUT2D eigenvalue weighted by Gasteiger charge is 2.03. The van der Waals surface area contributed by atoms with E-state index in [-0.39, 0.29) is 0 Å².